The summed E-state index contributed by atoms with van der Waals surface area (Å²) in [7, 11) is -3.46. The first-order valence-electron chi connectivity index (χ1n) is 11.0. The fourth-order valence-corrected chi connectivity index (χ4v) is 5.24. The molecule has 1 heterocycles. The maximum atomic E-state index is 12.8. The molecule has 6 nitrogen and oxygen atoms in total. The van der Waals surface area contributed by atoms with Crippen LogP contribution in [0.4, 0.5) is 5.69 Å². The van der Waals surface area contributed by atoms with E-state index < -0.39 is 10.0 Å². The van der Waals surface area contributed by atoms with Crippen LogP contribution < -0.4 is 14.4 Å². The first-order chi connectivity index (χ1) is 14.9. The number of hydrogen-bond acceptors (Lipinski definition) is 4. The number of benzene rings is 2. The number of fused-ring (bicyclic) bond motifs is 1. The third-order valence-corrected chi connectivity index (χ3v) is 7.15. The monoisotopic (exact) mass is 458 g/mol. The van der Waals surface area contributed by atoms with Crippen LogP contribution in [0.1, 0.15) is 61.4 Å². The lowest BCUT2D eigenvalue weighted by atomic mass is 9.89. The molecule has 0 saturated heterocycles. The van der Waals surface area contributed by atoms with Crippen molar-refractivity contribution in [3.05, 3.63) is 58.7 Å². The minimum absolute atomic E-state index is 0.0884. The molecule has 0 fully saturated rings. The summed E-state index contributed by atoms with van der Waals surface area (Å²) < 4.78 is 32.4. The summed E-state index contributed by atoms with van der Waals surface area (Å²) in [4.78, 5) is 12.8. The molecule has 0 spiro atoms. The molecular formula is C25H34N2O4S. The maximum Gasteiger partial charge on any atom is 0.232 e. The summed E-state index contributed by atoms with van der Waals surface area (Å²) in [6.07, 6.45) is 2.56. The summed E-state index contributed by atoms with van der Waals surface area (Å²) >= 11 is 0. The molecule has 1 N–H and O–H groups in total. The Balaban J connectivity index is 1.68. The van der Waals surface area contributed by atoms with Crippen LogP contribution in [-0.2, 0) is 14.8 Å². The van der Waals surface area contributed by atoms with Crippen LogP contribution in [0.5, 0.6) is 5.75 Å². The van der Waals surface area contributed by atoms with Gasteiger partial charge in [-0.3, -0.25) is 9.10 Å². The van der Waals surface area contributed by atoms with Crippen LogP contribution in [0, 0.1) is 20.8 Å². The Bertz CT molecular complexity index is 1110. The van der Waals surface area contributed by atoms with Gasteiger partial charge in [0.15, 0.2) is 0 Å². The van der Waals surface area contributed by atoms with E-state index in [2.05, 4.69) is 11.4 Å². The quantitative estimate of drug-likeness (QED) is 0.659. The first-order valence-corrected chi connectivity index (χ1v) is 12.8. The molecule has 2 aromatic carbocycles. The van der Waals surface area contributed by atoms with Crippen molar-refractivity contribution < 1.29 is 17.9 Å². The van der Waals surface area contributed by atoms with E-state index in [0.717, 1.165) is 28.0 Å². The van der Waals surface area contributed by atoms with Crippen molar-refractivity contribution in [2.24, 2.45) is 0 Å². The van der Waals surface area contributed by atoms with E-state index in [9.17, 15) is 13.2 Å². The zero-order valence-corrected chi connectivity index (χ0v) is 20.7. The topological polar surface area (TPSA) is 75.7 Å². The Morgan fingerprint density at radius 2 is 1.91 bits per heavy atom. The summed E-state index contributed by atoms with van der Waals surface area (Å²) in [6, 6.07) is 11.5. The molecular weight excluding hydrogens is 424 g/mol. The van der Waals surface area contributed by atoms with Gasteiger partial charge in [0.05, 0.1) is 18.0 Å². The summed E-state index contributed by atoms with van der Waals surface area (Å²) in [6.45, 7) is 10.2. The van der Waals surface area contributed by atoms with Gasteiger partial charge in [-0.1, -0.05) is 29.8 Å². The Labute approximate surface area is 192 Å². The minimum Gasteiger partial charge on any atom is -0.487 e. The number of aryl methyl sites for hydroxylation is 2. The molecule has 2 aromatic rings. The second-order valence-corrected chi connectivity index (χ2v) is 11.3. The van der Waals surface area contributed by atoms with Gasteiger partial charge in [-0.15, -0.1) is 0 Å². The number of sulfonamides is 1. The third-order valence-electron chi connectivity index (χ3n) is 5.97. The highest BCUT2D eigenvalue weighted by atomic mass is 32.2. The SMILES string of the molecule is Cc1ccc2c(c1)[C@@H](NC(=O)CCCN(c1cccc(C)c1C)S(C)(=O)=O)CC(C)(C)O2. The summed E-state index contributed by atoms with van der Waals surface area (Å²) in [5.41, 5.74) is 4.36. The molecule has 1 amide bonds. The summed E-state index contributed by atoms with van der Waals surface area (Å²) in [5, 5.41) is 3.14. The van der Waals surface area contributed by atoms with Crippen LogP contribution in [0.25, 0.3) is 0 Å². The third kappa shape index (κ3) is 5.63. The second-order valence-electron chi connectivity index (χ2n) is 9.38. The molecule has 0 bridgehead atoms. The number of amides is 1. The zero-order valence-electron chi connectivity index (χ0n) is 19.9. The van der Waals surface area contributed by atoms with E-state index in [1.54, 1.807) is 0 Å². The highest BCUT2D eigenvalue weighted by molar-refractivity contribution is 7.92. The van der Waals surface area contributed by atoms with Gasteiger partial charge in [-0.05, 0) is 64.3 Å². The van der Waals surface area contributed by atoms with E-state index in [-0.39, 0.29) is 30.5 Å². The highest BCUT2D eigenvalue weighted by Crippen LogP contribution is 2.40. The van der Waals surface area contributed by atoms with Crippen LogP contribution in [0.2, 0.25) is 0 Å². The standard InChI is InChI=1S/C25H34N2O4S/c1-17-12-13-23-20(15-17)21(16-25(4,5)31-23)26-24(28)11-8-14-27(32(6,29)30)22-10-7-9-18(2)19(22)3/h7,9-10,12-13,15,21H,8,11,14,16H2,1-6H3,(H,26,28)/t21-/m0/s1. The number of hydrogen-bond donors (Lipinski definition) is 1. The fourth-order valence-electron chi connectivity index (χ4n) is 4.22. The zero-order chi connectivity index (χ0) is 23.7. The number of carbonyl (C=O) groups excluding carboxylic acids is 1. The Morgan fingerprint density at radius 3 is 2.59 bits per heavy atom. The van der Waals surface area contributed by atoms with Crippen LogP contribution >= 0.6 is 0 Å². The molecule has 0 aromatic heterocycles. The van der Waals surface area contributed by atoms with Gasteiger partial charge in [0, 0.05) is 24.9 Å². The molecule has 1 atom stereocenters. The Hall–Kier alpha value is -2.54. The van der Waals surface area contributed by atoms with Crippen molar-refractivity contribution in [2.75, 3.05) is 17.1 Å². The van der Waals surface area contributed by atoms with E-state index in [4.69, 9.17) is 4.74 Å². The van der Waals surface area contributed by atoms with Gasteiger partial charge in [0.25, 0.3) is 0 Å². The lowest BCUT2D eigenvalue weighted by Gasteiger charge is -2.38. The van der Waals surface area contributed by atoms with E-state index in [1.165, 1.54) is 10.6 Å². The van der Waals surface area contributed by atoms with Crippen molar-refractivity contribution in [2.45, 2.75) is 65.5 Å². The van der Waals surface area contributed by atoms with Gasteiger partial charge >= 0.3 is 0 Å². The molecule has 7 heteroatoms. The Morgan fingerprint density at radius 1 is 1.19 bits per heavy atom. The number of nitrogens with zero attached hydrogens (tertiary/aromatic N) is 1. The molecule has 1 aliphatic rings. The molecule has 0 saturated carbocycles. The van der Waals surface area contributed by atoms with Crippen LogP contribution in [-0.4, -0.2) is 32.7 Å². The predicted molar refractivity (Wildman–Crippen MR) is 129 cm³/mol. The molecule has 0 radical (unpaired) electrons. The smallest absolute Gasteiger partial charge is 0.232 e. The first kappa shape index (κ1) is 24.1. The van der Waals surface area contributed by atoms with E-state index >= 15 is 0 Å². The number of ether oxygens (including phenoxy) is 1. The van der Waals surface area contributed by atoms with Gasteiger partial charge in [-0.25, -0.2) is 8.42 Å². The van der Waals surface area contributed by atoms with Crippen molar-refractivity contribution in [3.63, 3.8) is 0 Å². The van der Waals surface area contributed by atoms with E-state index in [1.807, 2.05) is 65.0 Å². The van der Waals surface area contributed by atoms with Crippen molar-refractivity contribution in [3.8, 4) is 5.75 Å². The van der Waals surface area contributed by atoms with Crippen molar-refractivity contribution in [1.29, 1.82) is 0 Å². The second kappa shape index (κ2) is 9.14. The largest absolute Gasteiger partial charge is 0.487 e. The number of carbonyl (C=O) groups is 1. The van der Waals surface area contributed by atoms with Gasteiger partial charge < -0.3 is 10.1 Å². The summed E-state index contributed by atoms with van der Waals surface area (Å²) in [5.74, 6) is 0.713. The molecule has 3 rings (SSSR count). The highest BCUT2D eigenvalue weighted by Gasteiger charge is 2.34. The van der Waals surface area contributed by atoms with Crippen LogP contribution in [0.15, 0.2) is 36.4 Å². The molecule has 0 aliphatic carbocycles. The minimum atomic E-state index is -3.46. The Kier molecular flexibility index (Phi) is 6.89. The molecule has 32 heavy (non-hydrogen) atoms. The molecule has 1 aliphatic heterocycles. The van der Waals surface area contributed by atoms with Crippen LogP contribution in [0.3, 0.4) is 0 Å². The van der Waals surface area contributed by atoms with E-state index in [0.29, 0.717) is 18.5 Å². The average molecular weight is 459 g/mol. The predicted octanol–water partition coefficient (Wildman–Crippen LogP) is 4.58. The normalized spacial score (nSPS) is 17.2. The van der Waals surface area contributed by atoms with Gasteiger partial charge in [0.1, 0.15) is 11.4 Å². The van der Waals surface area contributed by atoms with Gasteiger partial charge in [0.2, 0.25) is 15.9 Å². The lowest BCUT2D eigenvalue weighted by Crippen LogP contribution is -2.41. The number of nitrogens with one attached hydrogen (secondary N) is 1. The van der Waals surface area contributed by atoms with Crippen molar-refractivity contribution >= 4 is 21.6 Å². The maximum absolute atomic E-state index is 12.8. The number of anilines is 1. The lowest BCUT2D eigenvalue weighted by molar-refractivity contribution is -0.122. The molecule has 174 valence electrons. The van der Waals surface area contributed by atoms with Crippen molar-refractivity contribution in [1.82, 2.24) is 5.32 Å². The van der Waals surface area contributed by atoms with Gasteiger partial charge in [-0.2, -0.15) is 0 Å². The molecule has 0 unspecified atom stereocenters. The average Bonchev–Trinajstić information content (AvgIpc) is 2.67. The number of rotatable bonds is 7. The fraction of sp³-hybridized carbons (Fsp3) is 0.480.